The lowest BCUT2D eigenvalue weighted by atomic mass is 10.2. The predicted molar refractivity (Wildman–Crippen MR) is 79.2 cm³/mol. The molecule has 5 heteroatoms. The van der Waals surface area contributed by atoms with Gasteiger partial charge in [0, 0.05) is 15.1 Å². The molecule has 0 saturated heterocycles. The fraction of sp³-hybridized carbons (Fsp3) is 0.462. The van der Waals surface area contributed by atoms with Crippen molar-refractivity contribution in [2.45, 2.75) is 30.7 Å². The molecule has 0 saturated carbocycles. The Kier molecular flexibility index (Phi) is 7.39. The van der Waals surface area contributed by atoms with Crippen LogP contribution in [0.5, 0.6) is 0 Å². The van der Waals surface area contributed by atoms with E-state index in [9.17, 15) is 4.79 Å². The molecule has 0 spiro atoms. The Labute approximate surface area is 120 Å². The van der Waals surface area contributed by atoms with Crippen molar-refractivity contribution >= 4 is 33.7 Å². The second-order valence-corrected chi connectivity index (χ2v) is 5.90. The van der Waals surface area contributed by atoms with Gasteiger partial charge >= 0.3 is 5.97 Å². The number of hydrogen-bond acceptors (Lipinski definition) is 3. The van der Waals surface area contributed by atoms with Crippen LogP contribution in [-0.4, -0.2) is 29.4 Å². The zero-order valence-electron chi connectivity index (χ0n) is 10.4. The van der Waals surface area contributed by atoms with Crippen molar-refractivity contribution in [1.29, 1.82) is 0 Å². The van der Waals surface area contributed by atoms with E-state index in [1.54, 1.807) is 11.8 Å². The van der Waals surface area contributed by atoms with Crippen LogP contribution in [0.25, 0.3) is 0 Å². The van der Waals surface area contributed by atoms with Gasteiger partial charge in [-0.1, -0.05) is 19.1 Å². The minimum atomic E-state index is -0.767. The van der Waals surface area contributed by atoms with Crippen molar-refractivity contribution in [2.24, 2.45) is 0 Å². The van der Waals surface area contributed by atoms with E-state index in [0.717, 1.165) is 28.1 Å². The Bertz CT molecular complexity index is 387. The Morgan fingerprint density at radius 1 is 1.50 bits per heavy atom. The Morgan fingerprint density at radius 2 is 2.22 bits per heavy atom. The first kappa shape index (κ1) is 15.5. The summed E-state index contributed by atoms with van der Waals surface area (Å²) in [6.45, 7) is 2.78. The molecule has 1 aromatic carbocycles. The zero-order chi connectivity index (χ0) is 13.4. The number of benzene rings is 1. The summed E-state index contributed by atoms with van der Waals surface area (Å²) in [6.07, 6.45) is 1.57. The molecule has 18 heavy (non-hydrogen) atoms. The Balaban J connectivity index is 2.39. The van der Waals surface area contributed by atoms with E-state index >= 15 is 0 Å². The fourth-order valence-corrected chi connectivity index (χ4v) is 3.06. The molecule has 0 fully saturated rings. The number of hydrogen-bond donors (Lipinski definition) is 2. The highest BCUT2D eigenvalue weighted by Gasteiger charge is 2.15. The molecule has 1 atom stereocenters. The quantitative estimate of drug-likeness (QED) is 0.717. The molecule has 0 bridgehead atoms. The summed E-state index contributed by atoms with van der Waals surface area (Å²) in [6, 6.07) is 7.53. The molecule has 1 rings (SSSR count). The molecular weight excluding hydrogens is 314 g/mol. The number of aliphatic carboxylic acids is 1. The summed E-state index contributed by atoms with van der Waals surface area (Å²) in [5.74, 6) is 0.0206. The summed E-state index contributed by atoms with van der Waals surface area (Å²) < 4.78 is 1.06. The minimum Gasteiger partial charge on any atom is -0.480 e. The Hall–Kier alpha value is -0.520. The minimum absolute atomic E-state index is 0.445. The zero-order valence-corrected chi connectivity index (χ0v) is 12.8. The average molecular weight is 332 g/mol. The fourth-order valence-electron chi connectivity index (χ4n) is 1.48. The normalized spacial score (nSPS) is 12.3. The van der Waals surface area contributed by atoms with E-state index in [1.807, 2.05) is 31.2 Å². The standard InChI is InChI=1S/C13H18BrNO2S/c1-2-8-15-11(13(16)17)7-9-18-12-6-4-3-5-10(12)14/h3-6,11,15H,2,7-9H2,1H3,(H,16,17). The molecule has 2 N–H and O–H groups in total. The number of carboxylic acid groups (broad SMARTS) is 1. The highest BCUT2D eigenvalue weighted by atomic mass is 79.9. The van der Waals surface area contributed by atoms with E-state index < -0.39 is 12.0 Å². The van der Waals surface area contributed by atoms with Gasteiger partial charge in [-0.3, -0.25) is 4.79 Å². The van der Waals surface area contributed by atoms with Crippen LogP contribution in [0.1, 0.15) is 19.8 Å². The first-order chi connectivity index (χ1) is 8.65. The lowest BCUT2D eigenvalue weighted by molar-refractivity contribution is -0.139. The van der Waals surface area contributed by atoms with Crippen LogP contribution in [0.15, 0.2) is 33.6 Å². The average Bonchev–Trinajstić information content (AvgIpc) is 2.35. The van der Waals surface area contributed by atoms with E-state index in [4.69, 9.17) is 5.11 Å². The monoisotopic (exact) mass is 331 g/mol. The van der Waals surface area contributed by atoms with Crippen LogP contribution in [0.3, 0.4) is 0 Å². The summed E-state index contributed by atoms with van der Waals surface area (Å²) >= 11 is 5.16. The smallest absolute Gasteiger partial charge is 0.320 e. The lowest BCUT2D eigenvalue weighted by Gasteiger charge is -2.13. The molecule has 0 amide bonds. The van der Waals surface area contributed by atoms with Crippen LogP contribution in [0.4, 0.5) is 0 Å². The van der Waals surface area contributed by atoms with Crippen molar-refractivity contribution in [3.8, 4) is 0 Å². The second kappa shape index (κ2) is 8.56. The molecule has 100 valence electrons. The summed E-state index contributed by atoms with van der Waals surface area (Å²) in [5.41, 5.74) is 0. The number of carboxylic acids is 1. The third-order valence-electron chi connectivity index (χ3n) is 2.44. The van der Waals surface area contributed by atoms with Crippen LogP contribution < -0.4 is 5.32 Å². The van der Waals surface area contributed by atoms with Gasteiger partial charge in [-0.2, -0.15) is 0 Å². The van der Waals surface area contributed by atoms with Crippen molar-refractivity contribution < 1.29 is 9.90 Å². The molecule has 0 heterocycles. The molecule has 0 radical (unpaired) electrons. The van der Waals surface area contributed by atoms with Gasteiger partial charge in [-0.05, 0) is 47.4 Å². The van der Waals surface area contributed by atoms with Crippen molar-refractivity contribution in [3.63, 3.8) is 0 Å². The summed E-state index contributed by atoms with van der Waals surface area (Å²) in [7, 11) is 0. The number of thioether (sulfide) groups is 1. The van der Waals surface area contributed by atoms with Gasteiger partial charge in [0.05, 0.1) is 0 Å². The number of rotatable bonds is 8. The number of halogens is 1. The Morgan fingerprint density at radius 3 is 2.83 bits per heavy atom. The first-order valence-corrected chi connectivity index (χ1v) is 7.76. The van der Waals surface area contributed by atoms with Gasteiger partial charge in [-0.25, -0.2) is 0 Å². The largest absolute Gasteiger partial charge is 0.480 e. The van der Waals surface area contributed by atoms with Gasteiger partial charge < -0.3 is 10.4 Å². The summed E-state index contributed by atoms with van der Waals surface area (Å²) in [5, 5.41) is 12.1. The molecule has 0 aliphatic rings. The number of nitrogens with one attached hydrogen (secondary N) is 1. The lowest BCUT2D eigenvalue weighted by Crippen LogP contribution is -2.37. The van der Waals surface area contributed by atoms with Gasteiger partial charge in [0.1, 0.15) is 6.04 Å². The maximum atomic E-state index is 11.0. The van der Waals surface area contributed by atoms with Gasteiger partial charge in [0.25, 0.3) is 0 Å². The van der Waals surface area contributed by atoms with Crippen molar-refractivity contribution in [1.82, 2.24) is 5.32 Å². The predicted octanol–water partition coefficient (Wildman–Crippen LogP) is 3.38. The highest BCUT2D eigenvalue weighted by Crippen LogP contribution is 2.27. The van der Waals surface area contributed by atoms with Crippen LogP contribution >= 0.6 is 27.7 Å². The molecule has 0 aliphatic carbocycles. The maximum Gasteiger partial charge on any atom is 0.320 e. The molecule has 0 aromatic heterocycles. The maximum absolute atomic E-state index is 11.0. The van der Waals surface area contributed by atoms with Crippen LogP contribution in [0.2, 0.25) is 0 Å². The molecule has 1 unspecified atom stereocenters. The third-order valence-corrected chi connectivity index (χ3v) is 4.50. The molecule has 0 aliphatic heterocycles. The third kappa shape index (κ3) is 5.42. The van der Waals surface area contributed by atoms with Crippen LogP contribution in [0, 0.1) is 0 Å². The number of carbonyl (C=O) groups is 1. The van der Waals surface area contributed by atoms with Gasteiger partial charge in [0.15, 0.2) is 0 Å². The highest BCUT2D eigenvalue weighted by molar-refractivity contribution is 9.10. The van der Waals surface area contributed by atoms with Gasteiger partial charge in [0.2, 0.25) is 0 Å². The SMILES string of the molecule is CCCNC(CCSc1ccccc1Br)C(=O)O. The molecule has 1 aromatic rings. The van der Waals surface area contributed by atoms with E-state index in [0.29, 0.717) is 6.42 Å². The first-order valence-electron chi connectivity index (χ1n) is 5.98. The molecule has 3 nitrogen and oxygen atoms in total. The summed E-state index contributed by atoms with van der Waals surface area (Å²) in [4.78, 5) is 12.2. The molecular formula is C13H18BrNO2S. The van der Waals surface area contributed by atoms with Crippen molar-refractivity contribution in [3.05, 3.63) is 28.7 Å². The van der Waals surface area contributed by atoms with E-state index in [-0.39, 0.29) is 0 Å². The second-order valence-electron chi connectivity index (χ2n) is 3.91. The topological polar surface area (TPSA) is 49.3 Å². The van der Waals surface area contributed by atoms with Crippen LogP contribution in [-0.2, 0) is 4.79 Å². The van der Waals surface area contributed by atoms with E-state index in [2.05, 4.69) is 21.2 Å². The van der Waals surface area contributed by atoms with E-state index in [1.165, 1.54) is 0 Å². The van der Waals surface area contributed by atoms with Gasteiger partial charge in [-0.15, -0.1) is 11.8 Å². The van der Waals surface area contributed by atoms with Crippen molar-refractivity contribution in [2.75, 3.05) is 12.3 Å².